The van der Waals surface area contributed by atoms with Crippen molar-refractivity contribution in [3.8, 4) is 23.0 Å². The first-order chi connectivity index (χ1) is 25.3. The molecule has 0 saturated carbocycles. The van der Waals surface area contributed by atoms with Crippen molar-refractivity contribution in [2.24, 2.45) is 0 Å². The third kappa shape index (κ3) is 9.92. The molecule has 4 aromatic rings. The standard InChI is InChI=1S/C48H63IO4/c1-11-20-50-43-32-16-15-17-33(43)25-36-28-40(48(8,9)10)30-38(45(36)52-22-13-3)31-41-42(49)19-18-34(46(41)53-23-14-4)26-37-29-39(47(5,6)7)27-35(24-32)44(37)51-21-12-2/h15-19,27-30H,11-14,20-26,31H2,1-10H3. The van der Waals surface area contributed by atoms with Crippen molar-refractivity contribution in [3.05, 3.63) is 114 Å². The summed E-state index contributed by atoms with van der Waals surface area (Å²) >= 11 is 2.51. The van der Waals surface area contributed by atoms with Crippen LogP contribution < -0.4 is 18.9 Å². The van der Waals surface area contributed by atoms with Crippen LogP contribution in [-0.4, -0.2) is 26.4 Å². The number of halogens is 1. The largest absolute Gasteiger partial charge is 0.493 e. The van der Waals surface area contributed by atoms with Crippen LogP contribution in [0.2, 0.25) is 0 Å². The zero-order valence-corrected chi connectivity index (χ0v) is 36.3. The highest BCUT2D eigenvalue weighted by Gasteiger charge is 2.27. The van der Waals surface area contributed by atoms with Crippen LogP contribution in [0.1, 0.15) is 151 Å². The highest BCUT2D eigenvalue weighted by atomic mass is 127. The molecule has 0 N–H and O–H groups in total. The zero-order valence-electron chi connectivity index (χ0n) is 34.2. The fraction of sp³-hybridized carbons (Fsp3) is 0.500. The highest BCUT2D eigenvalue weighted by molar-refractivity contribution is 14.1. The van der Waals surface area contributed by atoms with Crippen LogP contribution in [0, 0.1) is 3.57 Å². The van der Waals surface area contributed by atoms with E-state index in [4.69, 9.17) is 18.9 Å². The van der Waals surface area contributed by atoms with Crippen LogP contribution in [0.15, 0.2) is 54.6 Å². The van der Waals surface area contributed by atoms with E-state index in [1.54, 1.807) is 0 Å². The lowest BCUT2D eigenvalue weighted by molar-refractivity contribution is 0.304. The molecule has 0 aliphatic heterocycles. The minimum atomic E-state index is -0.0457. The number of ether oxygens (including phenoxy) is 4. The van der Waals surface area contributed by atoms with Gasteiger partial charge in [-0.3, -0.25) is 0 Å². The summed E-state index contributed by atoms with van der Waals surface area (Å²) < 4.78 is 28.3. The monoisotopic (exact) mass is 830 g/mol. The molecule has 0 spiro atoms. The number of hydrogen-bond donors (Lipinski definition) is 0. The third-order valence-corrected chi connectivity index (χ3v) is 11.0. The first-order valence-electron chi connectivity index (χ1n) is 20.0. The predicted octanol–water partition coefficient (Wildman–Crippen LogP) is 12.7. The molecule has 4 nitrogen and oxygen atoms in total. The second kappa shape index (κ2) is 18.0. The van der Waals surface area contributed by atoms with Gasteiger partial charge in [0.2, 0.25) is 0 Å². The minimum absolute atomic E-state index is 0.0435. The van der Waals surface area contributed by atoms with E-state index in [0.29, 0.717) is 52.1 Å². The van der Waals surface area contributed by atoms with E-state index in [1.165, 1.54) is 59.2 Å². The van der Waals surface area contributed by atoms with Gasteiger partial charge in [0.15, 0.2) is 0 Å². The van der Waals surface area contributed by atoms with Gasteiger partial charge in [-0.2, -0.15) is 0 Å². The Balaban J connectivity index is 1.90. The van der Waals surface area contributed by atoms with E-state index >= 15 is 0 Å². The predicted molar refractivity (Wildman–Crippen MR) is 230 cm³/mol. The number of benzene rings is 4. The van der Waals surface area contributed by atoms with Gasteiger partial charge in [-0.05, 0) is 115 Å². The molecule has 4 aromatic carbocycles. The molecule has 5 rings (SSSR count). The van der Waals surface area contributed by atoms with Crippen LogP contribution in [0.25, 0.3) is 0 Å². The summed E-state index contributed by atoms with van der Waals surface area (Å²) in [7, 11) is 0. The van der Waals surface area contributed by atoms with Crippen molar-refractivity contribution in [1.82, 2.24) is 0 Å². The van der Waals surface area contributed by atoms with Crippen LogP contribution in [0.3, 0.4) is 0 Å². The van der Waals surface area contributed by atoms with Gasteiger partial charge in [0.25, 0.3) is 0 Å². The SMILES string of the molecule is CCCOc1c2cccc1Cc1cc(C(C)(C)C)cc(c1OCCC)Cc1c(I)ccc(c1OCCC)Cc1cc(C(C)(C)C)cc(c1OCCC)C2. The second-order valence-electron chi connectivity index (χ2n) is 16.8. The molecule has 0 atom stereocenters. The fourth-order valence-corrected chi connectivity index (χ4v) is 7.75. The Morgan fingerprint density at radius 2 is 0.792 bits per heavy atom. The molecule has 1 aliphatic carbocycles. The molecule has 5 heteroatoms. The zero-order chi connectivity index (χ0) is 38.3. The maximum absolute atomic E-state index is 6.81. The Morgan fingerprint density at radius 1 is 0.453 bits per heavy atom. The van der Waals surface area contributed by atoms with E-state index in [2.05, 4.69) is 146 Å². The molecule has 0 radical (unpaired) electrons. The summed E-state index contributed by atoms with van der Waals surface area (Å²) in [5.74, 6) is 3.98. The van der Waals surface area contributed by atoms with E-state index in [1.807, 2.05) is 0 Å². The Labute approximate surface area is 334 Å². The first-order valence-corrected chi connectivity index (χ1v) is 21.1. The smallest absolute Gasteiger partial charge is 0.127 e. The van der Waals surface area contributed by atoms with Gasteiger partial charge in [0, 0.05) is 34.8 Å². The molecule has 286 valence electrons. The molecule has 8 bridgehead atoms. The maximum atomic E-state index is 6.81. The summed E-state index contributed by atoms with van der Waals surface area (Å²) in [5.41, 5.74) is 12.1. The van der Waals surface area contributed by atoms with Gasteiger partial charge < -0.3 is 18.9 Å². The molecule has 0 unspecified atom stereocenters. The van der Waals surface area contributed by atoms with Crippen molar-refractivity contribution in [1.29, 1.82) is 0 Å². The first kappa shape index (κ1) is 41.0. The molecule has 0 heterocycles. The van der Waals surface area contributed by atoms with Crippen LogP contribution >= 0.6 is 22.6 Å². The van der Waals surface area contributed by atoms with Crippen molar-refractivity contribution >= 4 is 22.6 Å². The average molecular weight is 831 g/mol. The van der Waals surface area contributed by atoms with E-state index < -0.39 is 0 Å². The summed E-state index contributed by atoms with van der Waals surface area (Å²) in [4.78, 5) is 0. The number of rotatable bonds is 12. The fourth-order valence-electron chi connectivity index (χ4n) is 7.13. The van der Waals surface area contributed by atoms with Gasteiger partial charge in [0.1, 0.15) is 23.0 Å². The summed E-state index contributed by atoms with van der Waals surface area (Å²) in [6, 6.07) is 20.8. The molecule has 53 heavy (non-hydrogen) atoms. The number of hydrogen-bond acceptors (Lipinski definition) is 4. The lowest BCUT2D eigenvalue weighted by atomic mass is 9.81. The second-order valence-corrected chi connectivity index (χ2v) is 17.9. The van der Waals surface area contributed by atoms with Crippen molar-refractivity contribution < 1.29 is 18.9 Å². The van der Waals surface area contributed by atoms with Gasteiger partial charge >= 0.3 is 0 Å². The van der Waals surface area contributed by atoms with Crippen LogP contribution in [0.4, 0.5) is 0 Å². The Bertz CT molecular complexity index is 1860. The number of para-hydroxylation sites is 1. The maximum Gasteiger partial charge on any atom is 0.127 e. The summed E-state index contributed by atoms with van der Waals surface area (Å²) in [6.07, 6.45) is 6.61. The van der Waals surface area contributed by atoms with Crippen molar-refractivity contribution in [2.45, 2.75) is 131 Å². The molecule has 0 fully saturated rings. The molecule has 0 amide bonds. The summed E-state index contributed by atoms with van der Waals surface area (Å²) in [5, 5.41) is 0. The lowest BCUT2D eigenvalue weighted by Crippen LogP contribution is -2.16. The molecule has 0 aromatic heterocycles. The van der Waals surface area contributed by atoms with Gasteiger partial charge in [-0.25, -0.2) is 0 Å². The van der Waals surface area contributed by atoms with Gasteiger partial charge in [-0.1, -0.05) is 118 Å². The van der Waals surface area contributed by atoms with Gasteiger partial charge in [-0.15, -0.1) is 0 Å². The minimum Gasteiger partial charge on any atom is -0.493 e. The van der Waals surface area contributed by atoms with Gasteiger partial charge in [0.05, 0.1) is 26.4 Å². The Hall–Kier alpha value is -3.19. The lowest BCUT2D eigenvalue weighted by Gasteiger charge is -2.27. The Morgan fingerprint density at radius 3 is 1.17 bits per heavy atom. The van der Waals surface area contributed by atoms with E-state index in [0.717, 1.165) is 48.7 Å². The van der Waals surface area contributed by atoms with Crippen LogP contribution in [0.5, 0.6) is 23.0 Å². The van der Waals surface area contributed by atoms with Crippen molar-refractivity contribution in [3.63, 3.8) is 0 Å². The highest BCUT2D eigenvalue weighted by Crippen LogP contribution is 2.43. The molecular formula is C48H63IO4. The molecule has 1 aliphatic rings. The average Bonchev–Trinajstić information content (AvgIpc) is 3.10. The van der Waals surface area contributed by atoms with E-state index in [9.17, 15) is 0 Å². The summed E-state index contributed by atoms with van der Waals surface area (Å²) in [6.45, 7) is 25.2. The van der Waals surface area contributed by atoms with Crippen LogP contribution in [-0.2, 0) is 36.5 Å². The normalized spacial score (nSPS) is 13.1. The molecular weight excluding hydrogens is 767 g/mol. The topological polar surface area (TPSA) is 36.9 Å². The van der Waals surface area contributed by atoms with Crippen molar-refractivity contribution in [2.75, 3.05) is 26.4 Å². The Kier molecular flexibility index (Phi) is 13.9. The quantitative estimate of drug-likeness (QED) is 0.117. The van der Waals surface area contributed by atoms with E-state index in [-0.39, 0.29) is 10.8 Å². The molecule has 0 saturated heterocycles. The third-order valence-electron chi connectivity index (χ3n) is 9.99. The number of fused-ring (bicyclic) bond motifs is 8.